The largest absolute Gasteiger partial charge is 0.321 e. The number of rotatable bonds is 2. The van der Waals surface area contributed by atoms with E-state index in [-0.39, 0.29) is 11.7 Å². The van der Waals surface area contributed by atoms with Crippen molar-refractivity contribution in [1.82, 2.24) is 0 Å². The normalized spacial score (nSPS) is 10.3. The number of nitrogens with one attached hydrogen (secondary N) is 1. The van der Waals surface area contributed by atoms with Gasteiger partial charge in [0.15, 0.2) is 0 Å². The smallest absolute Gasteiger partial charge is 0.256 e. The van der Waals surface area contributed by atoms with Crippen LogP contribution in [0.4, 0.5) is 10.1 Å². The quantitative estimate of drug-likeness (QED) is 0.685. The highest BCUT2D eigenvalue weighted by molar-refractivity contribution is 9.11. The molecule has 2 nitrogen and oxygen atoms in total. The number of halogens is 3. The molecule has 0 radical (unpaired) electrons. The van der Waals surface area contributed by atoms with Crippen molar-refractivity contribution >= 4 is 56.1 Å². The fourth-order valence-electron chi connectivity index (χ4n) is 1.47. The van der Waals surface area contributed by atoms with Gasteiger partial charge in [0.05, 0.1) is 11.3 Å². The fourth-order valence-corrected chi connectivity index (χ4v) is 2.55. The molecule has 0 bridgehead atoms. The maximum absolute atomic E-state index is 13.0. The second-order valence-corrected chi connectivity index (χ2v) is 5.97. The molecule has 1 amide bonds. The molecule has 0 aliphatic carbocycles. The first-order valence-corrected chi connectivity index (χ1v) is 7.25. The molecule has 0 aliphatic heterocycles. The fraction of sp³-hybridized carbons (Fsp3) is 0. The van der Waals surface area contributed by atoms with E-state index in [1.165, 1.54) is 18.2 Å². The summed E-state index contributed by atoms with van der Waals surface area (Å²) in [4.78, 5) is 12.8. The van der Waals surface area contributed by atoms with Crippen LogP contribution in [-0.2, 0) is 0 Å². The standard InChI is InChI=1S/C13H8Br2FNOS/c14-10-3-2-8(19)6-9(10)13(18)17-12-4-1-7(16)5-11(12)15/h1-6,19H,(H,17,18). The van der Waals surface area contributed by atoms with Gasteiger partial charge in [0.1, 0.15) is 5.82 Å². The molecule has 2 aromatic carbocycles. The summed E-state index contributed by atoms with van der Waals surface area (Å²) in [5.41, 5.74) is 0.964. The average Bonchev–Trinajstić information content (AvgIpc) is 2.35. The van der Waals surface area contributed by atoms with Crippen LogP contribution in [0.2, 0.25) is 0 Å². The zero-order valence-corrected chi connectivity index (χ0v) is 13.5. The van der Waals surface area contributed by atoms with E-state index in [1.54, 1.807) is 18.2 Å². The average molecular weight is 405 g/mol. The lowest BCUT2D eigenvalue weighted by Crippen LogP contribution is -2.13. The van der Waals surface area contributed by atoms with Crippen molar-refractivity contribution in [1.29, 1.82) is 0 Å². The Balaban J connectivity index is 2.28. The Kier molecular flexibility index (Phi) is 4.65. The highest BCUT2D eigenvalue weighted by Crippen LogP contribution is 2.26. The van der Waals surface area contributed by atoms with Gasteiger partial charge in [-0.15, -0.1) is 12.6 Å². The third kappa shape index (κ3) is 3.58. The lowest BCUT2D eigenvalue weighted by atomic mass is 10.2. The van der Waals surface area contributed by atoms with Crippen molar-refractivity contribution in [2.24, 2.45) is 0 Å². The Labute approximate surface area is 132 Å². The molecule has 2 aromatic rings. The van der Waals surface area contributed by atoms with Gasteiger partial charge in [-0.3, -0.25) is 4.79 Å². The lowest BCUT2D eigenvalue weighted by molar-refractivity contribution is 0.102. The van der Waals surface area contributed by atoms with E-state index in [9.17, 15) is 9.18 Å². The van der Waals surface area contributed by atoms with Gasteiger partial charge < -0.3 is 5.32 Å². The summed E-state index contributed by atoms with van der Waals surface area (Å²) in [6.07, 6.45) is 0. The molecule has 2 rings (SSSR count). The first kappa shape index (κ1) is 14.6. The molecule has 6 heteroatoms. The van der Waals surface area contributed by atoms with Crippen LogP contribution in [-0.4, -0.2) is 5.91 Å². The Morgan fingerprint density at radius 3 is 2.53 bits per heavy atom. The van der Waals surface area contributed by atoms with Gasteiger partial charge in [-0.05, 0) is 68.3 Å². The topological polar surface area (TPSA) is 29.1 Å². The van der Waals surface area contributed by atoms with Gasteiger partial charge >= 0.3 is 0 Å². The molecule has 0 saturated carbocycles. The second-order valence-electron chi connectivity index (χ2n) is 3.74. The van der Waals surface area contributed by atoms with Crippen molar-refractivity contribution in [3.63, 3.8) is 0 Å². The molecule has 98 valence electrons. The number of hydrogen-bond donors (Lipinski definition) is 2. The van der Waals surface area contributed by atoms with Crippen molar-refractivity contribution in [2.45, 2.75) is 4.90 Å². The Bertz CT molecular complexity index is 649. The third-order valence-electron chi connectivity index (χ3n) is 2.37. The molecule has 0 heterocycles. The van der Waals surface area contributed by atoms with E-state index in [1.807, 2.05) is 0 Å². The van der Waals surface area contributed by atoms with Crippen molar-refractivity contribution in [3.05, 3.63) is 56.7 Å². The molecule has 0 unspecified atom stereocenters. The summed E-state index contributed by atoms with van der Waals surface area (Å²) in [5.74, 6) is -0.668. The Morgan fingerprint density at radius 1 is 1.11 bits per heavy atom. The van der Waals surface area contributed by atoms with E-state index in [0.29, 0.717) is 25.1 Å². The van der Waals surface area contributed by atoms with E-state index in [4.69, 9.17) is 0 Å². The molecular weight excluding hydrogens is 397 g/mol. The van der Waals surface area contributed by atoms with Crippen LogP contribution in [0, 0.1) is 5.82 Å². The number of thiol groups is 1. The van der Waals surface area contributed by atoms with Gasteiger partial charge in [0.2, 0.25) is 0 Å². The minimum atomic E-state index is -0.372. The van der Waals surface area contributed by atoms with Crippen LogP contribution < -0.4 is 5.32 Å². The molecule has 0 saturated heterocycles. The van der Waals surface area contributed by atoms with E-state index < -0.39 is 0 Å². The van der Waals surface area contributed by atoms with Crippen LogP contribution in [0.25, 0.3) is 0 Å². The van der Waals surface area contributed by atoms with Gasteiger partial charge in [-0.2, -0.15) is 0 Å². The summed E-state index contributed by atoms with van der Waals surface area (Å²) < 4.78 is 14.1. The molecule has 0 atom stereocenters. The molecule has 0 spiro atoms. The Morgan fingerprint density at radius 2 is 1.84 bits per heavy atom. The van der Waals surface area contributed by atoms with E-state index in [0.717, 1.165) is 0 Å². The maximum atomic E-state index is 13.0. The number of anilines is 1. The van der Waals surface area contributed by atoms with Crippen LogP contribution in [0.3, 0.4) is 0 Å². The first-order valence-electron chi connectivity index (χ1n) is 5.22. The predicted octanol–water partition coefficient (Wildman–Crippen LogP) is 4.89. The van der Waals surface area contributed by atoms with Gasteiger partial charge in [-0.25, -0.2) is 4.39 Å². The maximum Gasteiger partial charge on any atom is 0.256 e. The van der Waals surface area contributed by atoms with E-state index in [2.05, 4.69) is 49.8 Å². The number of benzene rings is 2. The summed E-state index contributed by atoms with van der Waals surface area (Å²) in [6.45, 7) is 0. The third-order valence-corrected chi connectivity index (χ3v) is 4.00. The highest BCUT2D eigenvalue weighted by Gasteiger charge is 2.12. The van der Waals surface area contributed by atoms with Crippen LogP contribution >= 0.6 is 44.5 Å². The number of carbonyl (C=O) groups is 1. The SMILES string of the molecule is O=C(Nc1ccc(F)cc1Br)c1cc(S)ccc1Br. The van der Waals surface area contributed by atoms with E-state index >= 15 is 0 Å². The van der Waals surface area contributed by atoms with Gasteiger partial charge in [0, 0.05) is 13.8 Å². The summed E-state index contributed by atoms with van der Waals surface area (Å²) in [7, 11) is 0. The Hall–Kier alpha value is -0.850. The zero-order chi connectivity index (χ0) is 14.0. The van der Waals surface area contributed by atoms with Crippen molar-refractivity contribution < 1.29 is 9.18 Å². The summed E-state index contributed by atoms with van der Waals surface area (Å²) >= 11 is 10.7. The second kappa shape index (κ2) is 6.07. The highest BCUT2D eigenvalue weighted by atomic mass is 79.9. The molecule has 0 fully saturated rings. The van der Waals surface area contributed by atoms with Gasteiger partial charge in [0.25, 0.3) is 5.91 Å². The summed E-state index contributed by atoms with van der Waals surface area (Å²) in [5, 5.41) is 2.71. The van der Waals surface area contributed by atoms with Crippen LogP contribution in [0.15, 0.2) is 50.2 Å². The van der Waals surface area contributed by atoms with Crippen LogP contribution in [0.5, 0.6) is 0 Å². The minimum absolute atomic E-state index is 0.296. The first-order chi connectivity index (χ1) is 8.97. The lowest BCUT2D eigenvalue weighted by Gasteiger charge is -2.09. The monoisotopic (exact) mass is 403 g/mol. The molecular formula is C13H8Br2FNOS. The zero-order valence-electron chi connectivity index (χ0n) is 9.45. The number of amides is 1. The van der Waals surface area contributed by atoms with Crippen molar-refractivity contribution in [2.75, 3.05) is 5.32 Å². The van der Waals surface area contributed by atoms with Crippen LogP contribution in [0.1, 0.15) is 10.4 Å². The molecule has 0 aliphatic rings. The predicted molar refractivity (Wildman–Crippen MR) is 83.4 cm³/mol. The van der Waals surface area contributed by atoms with Gasteiger partial charge in [-0.1, -0.05) is 0 Å². The molecule has 19 heavy (non-hydrogen) atoms. The summed E-state index contributed by atoms with van der Waals surface area (Å²) in [6, 6.07) is 9.24. The molecule has 1 N–H and O–H groups in total. The minimum Gasteiger partial charge on any atom is -0.321 e. The number of hydrogen-bond acceptors (Lipinski definition) is 2. The molecule has 0 aromatic heterocycles. The van der Waals surface area contributed by atoms with Crippen molar-refractivity contribution in [3.8, 4) is 0 Å². The number of carbonyl (C=O) groups excluding carboxylic acids is 1.